The number of aryl methyl sites for hydroxylation is 1. The molecule has 0 atom stereocenters. The molecule has 0 bridgehead atoms. The van der Waals surface area contributed by atoms with Crippen LogP contribution in [0.4, 0.5) is 0 Å². The molecule has 34 heavy (non-hydrogen) atoms. The van der Waals surface area contributed by atoms with Crippen LogP contribution in [0.15, 0.2) is 91.0 Å². The molecule has 5 aromatic rings. The minimum Gasteiger partial charge on any atom is -0.493 e. The van der Waals surface area contributed by atoms with Gasteiger partial charge in [-0.3, -0.25) is 4.79 Å². The third-order valence-electron chi connectivity index (χ3n) is 5.78. The molecule has 5 nitrogen and oxygen atoms in total. The molecule has 0 saturated carbocycles. The van der Waals surface area contributed by atoms with Crippen molar-refractivity contribution in [3.05, 3.63) is 107 Å². The average molecular weight is 470 g/mol. The molecule has 1 amide bonds. The molecular weight excluding hydrogens is 446 g/mol. The van der Waals surface area contributed by atoms with Crippen LogP contribution in [0, 0.1) is 0 Å². The Kier molecular flexibility index (Phi) is 6.45. The summed E-state index contributed by atoms with van der Waals surface area (Å²) in [7, 11) is 0. The molecule has 0 saturated heterocycles. The number of rotatable bonds is 8. The molecule has 0 radical (unpaired) electrons. The lowest BCUT2D eigenvalue weighted by molar-refractivity contribution is 0.0949. The predicted molar refractivity (Wildman–Crippen MR) is 136 cm³/mol. The highest BCUT2D eigenvalue weighted by Gasteiger charge is 2.13. The van der Waals surface area contributed by atoms with Crippen LogP contribution in [0.3, 0.4) is 0 Å². The molecular formula is C28H24ClN3O2. The lowest BCUT2D eigenvalue weighted by atomic mass is 10.1. The molecule has 0 aliphatic carbocycles. The summed E-state index contributed by atoms with van der Waals surface area (Å²) in [6.45, 7) is 1.65. The van der Waals surface area contributed by atoms with E-state index in [0.29, 0.717) is 23.7 Å². The number of fused-ring (bicyclic) bond motifs is 2. The normalized spacial score (nSPS) is 11.1. The average Bonchev–Trinajstić information content (AvgIpc) is 3.23. The van der Waals surface area contributed by atoms with Crippen LogP contribution in [0.1, 0.15) is 22.6 Å². The van der Waals surface area contributed by atoms with Crippen molar-refractivity contribution in [3.8, 4) is 5.75 Å². The number of halogens is 1. The number of hydrogen-bond acceptors (Lipinski definition) is 3. The van der Waals surface area contributed by atoms with Crippen LogP contribution in [0.25, 0.3) is 21.8 Å². The molecule has 1 heterocycles. The Morgan fingerprint density at radius 1 is 0.912 bits per heavy atom. The molecule has 0 unspecified atom stereocenters. The van der Waals surface area contributed by atoms with E-state index in [9.17, 15) is 4.79 Å². The summed E-state index contributed by atoms with van der Waals surface area (Å²) in [6.07, 6.45) is 0.807. The van der Waals surface area contributed by atoms with E-state index in [2.05, 4.69) is 34.1 Å². The van der Waals surface area contributed by atoms with Gasteiger partial charge in [-0.05, 0) is 54.3 Å². The summed E-state index contributed by atoms with van der Waals surface area (Å²) in [5.74, 6) is 1.55. The van der Waals surface area contributed by atoms with Crippen molar-refractivity contribution >= 4 is 39.3 Å². The van der Waals surface area contributed by atoms with Gasteiger partial charge in [-0.2, -0.15) is 0 Å². The highest BCUT2D eigenvalue weighted by molar-refractivity contribution is 6.30. The van der Waals surface area contributed by atoms with Crippen molar-refractivity contribution in [3.63, 3.8) is 0 Å². The number of aromatic nitrogens is 2. The quantitative estimate of drug-likeness (QED) is 0.273. The first-order valence-electron chi connectivity index (χ1n) is 11.3. The molecule has 5 rings (SSSR count). The maximum absolute atomic E-state index is 12.6. The van der Waals surface area contributed by atoms with Gasteiger partial charge in [-0.25, -0.2) is 4.98 Å². The second-order valence-corrected chi connectivity index (χ2v) is 8.47. The third kappa shape index (κ3) is 4.75. The van der Waals surface area contributed by atoms with Crippen molar-refractivity contribution in [2.24, 2.45) is 0 Å². The minimum atomic E-state index is -0.158. The Balaban J connectivity index is 1.27. The van der Waals surface area contributed by atoms with Gasteiger partial charge in [0.15, 0.2) is 0 Å². The molecule has 0 aliphatic heterocycles. The largest absolute Gasteiger partial charge is 0.493 e. The molecule has 6 heteroatoms. The van der Waals surface area contributed by atoms with Gasteiger partial charge in [0, 0.05) is 22.5 Å². The standard InChI is InChI=1S/C28H24ClN3O2/c29-22-15-13-21(14-16-22)28(33)30-19-27-31-24-10-3-4-11-25(24)32(27)17-6-18-34-26-12-5-8-20-7-1-2-9-23(20)26/h1-5,7-16H,6,17-19H2,(H,30,33). The first kappa shape index (κ1) is 22.0. The van der Waals surface area contributed by atoms with Gasteiger partial charge in [-0.15, -0.1) is 0 Å². The Bertz CT molecular complexity index is 1440. The van der Waals surface area contributed by atoms with E-state index in [1.165, 1.54) is 5.39 Å². The Hall–Kier alpha value is -3.83. The van der Waals surface area contributed by atoms with Gasteiger partial charge >= 0.3 is 0 Å². The molecule has 0 aliphatic rings. The maximum atomic E-state index is 12.6. The fraction of sp³-hybridized carbons (Fsp3) is 0.143. The maximum Gasteiger partial charge on any atom is 0.251 e. The Labute approximate surface area is 203 Å². The van der Waals surface area contributed by atoms with Crippen molar-refractivity contribution in [1.29, 1.82) is 0 Å². The summed E-state index contributed by atoms with van der Waals surface area (Å²) in [4.78, 5) is 17.3. The van der Waals surface area contributed by atoms with Gasteiger partial charge in [-0.1, -0.05) is 60.1 Å². The molecule has 0 fully saturated rings. The highest BCUT2D eigenvalue weighted by atomic mass is 35.5. The minimum absolute atomic E-state index is 0.158. The lowest BCUT2D eigenvalue weighted by Crippen LogP contribution is -2.25. The summed E-state index contributed by atoms with van der Waals surface area (Å²) >= 11 is 5.93. The fourth-order valence-corrected chi connectivity index (χ4v) is 4.22. The van der Waals surface area contributed by atoms with Crippen molar-refractivity contribution < 1.29 is 9.53 Å². The molecule has 1 N–H and O–H groups in total. The second kappa shape index (κ2) is 9.98. The zero-order valence-corrected chi connectivity index (χ0v) is 19.3. The first-order valence-corrected chi connectivity index (χ1v) is 11.7. The van der Waals surface area contributed by atoms with Gasteiger partial charge in [0.2, 0.25) is 0 Å². The zero-order valence-electron chi connectivity index (χ0n) is 18.6. The molecule has 4 aromatic carbocycles. The highest BCUT2D eigenvalue weighted by Crippen LogP contribution is 2.25. The zero-order chi connectivity index (χ0) is 23.3. The summed E-state index contributed by atoms with van der Waals surface area (Å²) < 4.78 is 8.28. The van der Waals surface area contributed by atoms with E-state index in [1.807, 2.05) is 42.5 Å². The number of hydrogen-bond donors (Lipinski definition) is 1. The van der Waals surface area contributed by atoms with E-state index in [-0.39, 0.29) is 5.91 Å². The van der Waals surface area contributed by atoms with Crippen LogP contribution in [0.2, 0.25) is 5.02 Å². The van der Waals surface area contributed by atoms with E-state index >= 15 is 0 Å². The van der Waals surface area contributed by atoms with Crippen LogP contribution >= 0.6 is 11.6 Å². The van der Waals surface area contributed by atoms with Gasteiger partial charge in [0.05, 0.1) is 24.2 Å². The van der Waals surface area contributed by atoms with E-state index < -0.39 is 0 Å². The first-order chi connectivity index (χ1) is 16.7. The summed E-state index contributed by atoms with van der Waals surface area (Å²) in [5, 5.41) is 5.86. The third-order valence-corrected chi connectivity index (χ3v) is 6.03. The summed E-state index contributed by atoms with van der Waals surface area (Å²) in [5.41, 5.74) is 2.52. The Morgan fingerprint density at radius 3 is 2.56 bits per heavy atom. The van der Waals surface area contributed by atoms with Gasteiger partial charge < -0.3 is 14.6 Å². The number of carbonyl (C=O) groups is 1. The number of ether oxygens (including phenoxy) is 1. The van der Waals surface area contributed by atoms with E-state index in [4.69, 9.17) is 21.3 Å². The molecule has 170 valence electrons. The lowest BCUT2D eigenvalue weighted by Gasteiger charge is -2.12. The van der Waals surface area contributed by atoms with Crippen molar-refractivity contribution in [2.75, 3.05) is 6.61 Å². The smallest absolute Gasteiger partial charge is 0.251 e. The van der Waals surface area contributed by atoms with E-state index in [0.717, 1.165) is 41.0 Å². The second-order valence-electron chi connectivity index (χ2n) is 8.04. The number of para-hydroxylation sites is 2. The monoisotopic (exact) mass is 469 g/mol. The Morgan fingerprint density at radius 2 is 1.68 bits per heavy atom. The van der Waals surface area contributed by atoms with Crippen LogP contribution < -0.4 is 10.1 Å². The summed E-state index contributed by atoms with van der Waals surface area (Å²) in [6, 6.07) is 29.2. The van der Waals surface area contributed by atoms with Crippen molar-refractivity contribution in [1.82, 2.24) is 14.9 Å². The number of nitrogens with one attached hydrogen (secondary N) is 1. The fourth-order valence-electron chi connectivity index (χ4n) is 4.10. The van der Waals surface area contributed by atoms with Gasteiger partial charge in [0.1, 0.15) is 11.6 Å². The number of imidazole rings is 1. The SMILES string of the molecule is O=C(NCc1nc2ccccc2n1CCCOc1cccc2ccccc12)c1ccc(Cl)cc1. The predicted octanol–water partition coefficient (Wildman–Crippen LogP) is 6.24. The van der Waals surface area contributed by atoms with Crippen molar-refractivity contribution in [2.45, 2.75) is 19.5 Å². The van der Waals surface area contributed by atoms with Crippen LogP contribution in [-0.4, -0.2) is 22.1 Å². The van der Waals surface area contributed by atoms with E-state index in [1.54, 1.807) is 24.3 Å². The van der Waals surface area contributed by atoms with Crippen LogP contribution in [0.5, 0.6) is 5.75 Å². The molecule has 0 spiro atoms. The number of amides is 1. The topological polar surface area (TPSA) is 56.2 Å². The van der Waals surface area contributed by atoms with Crippen LogP contribution in [-0.2, 0) is 13.1 Å². The molecule has 1 aromatic heterocycles. The number of carbonyl (C=O) groups excluding carboxylic acids is 1. The van der Waals surface area contributed by atoms with Gasteiger partial charge in [0.25, 0.3) is 5.91 Å². The number of benzene rings is 4. The number of nitrogens with zero attached hydrogens (tertiary/aromatic N) is 2.